The molecule has 0 amide bonds. The van der Waals surface area contributed by atoms with Crippen LogP contribution < -0.4 is 0 Å². The molecule has 2 nitrogen and oxygen atoms in total. The number of hydrogen-bond donors (Lipinski definition) is 0. The molecule has 0 radical (unpaired) electrons. The molecule has 1 aromatic carbocycles. The van der Waals surface area contributed by atoms with Crippen LogP contribution in [0.25, 0.3) is 0 Å². The number of carbonyl (C=O) groups is 1. The number of Topliss-reactive ketones (excluding diaryl/α,β-unsaturated/α-hetero) is 1. The van der Waals surface area contributed by atoms with Gasteiger partial charge >= 0.3 is 0 Å². The van der Waals surface area contributed by atoms with Crippen molar-refractivity contribution in [2.24, 2.45) is 17.8 Å². The van der Waals surface area contributed by atoms with E-state index in [4.69, 9.17) is 4.74 Å². The summed E-state index contributed by atoms with van der Waals surface area (Å²) in [7, 11) is 0. The number of fused-ring (bicyclic) bond motifs is 3. The van der Waals surface area contributed by atoms with E-state index in [-0.39, 0.29) is 6.10 Å². The number of benzene rings is 1. The van der Waals surface area contributed by atoms with E-state index in [0.29, 0.717) is 42.0 Å². The van der Waals surface area contributed by atoms with Crippen LogP contribution in [0.1, 0.15) is 129 Å². The molecule has 6 atom stereocenters. The lowest BCUT2D eigenvalue weighted by Crippen LogP contribution is -2.54. The van der Waals surface area contributed by atoms with Gasteiger partial charge in [0.25, 0.3) is 0 Å². The Hall–Kier alpha value is -1.15. The molecule has 4 rings (SSSR count). The molecule has 2 heteroatoms. The van der Waals surface area contributed by atoms with Gasteiger partial charge in [0.15, 0.2) is 5.78 Å². The fourth-order valence-electron chi connectivity index (χ4n) is 6.62. The molecule has 2 heterocycles. The van der Waals surface area contributed by atoms with Gasteiger partial charge in [0.05, 0.1) is 6.10 Å². The van der Waals surface area contributed by atoms with Gasteiger partial charge in [-0.25, -0.2) is 0 Å². The minimum atomic E-state index is -0.144. The Morgan fingerprint density at radius 2 is 1.52 bits per heavy atom. The molecule has 3 aliphatic rings. The van der Waals surface area contributed by atoms with E-state index in [2.05, 4.69) is 51.1 Å². The second kappa shape index (κ2) is 14.3. The lowest BCUT2D eigenvalue weighted by atomic mass is 9.64. The van der Waals surface area contributed by atoms with Gasteiger partial charge in [-0.3, -0.25) is 4.79 Å². The van der Waals surface area contributed by atoms with Gasteiger partial charge in [0.1, 0.15) is 6.10 Å². The summed E-state index contributed by atoms with van der Waals surface area (Å²) in [6, 6.07) is 10.7. The van der Waals surface area contributed by atoms with Crippen molar-refractivity contribution in [1.82, 2.24) is 0 Å². The van der Waals surface area contributed by atoms with Crippen LogP contribution in [-0.4, -0.2) is 18.0 Å². The van der Waals surface area contributed by atoms with Gasteiger partial charge in [-0.2, -0.15) is 0 Å². The molecular weight excluding hydrogens is 404 g/mol. The molecule has 0 spiro atoms. The Balaban J connectivity index is 1.64. The Morgan fingerprint density at radius 1 is 0.848 bits per heavy atom. The summed E-state index contributed by atoms with van der Waals surface area (Å²) in [4.78, 5) is 13.6. The lowest BCUT2D eigenvalue weighted by molar-refractivity contribution is -0.189. The Morgan fingerprint density at radius 3 is 2.12 bits per heavy atom. The van der Waals surface area contributed by atoms with Crippen LogP contribution in [0.15, 0.2) is 30.3 Å². The summed E-state index contributed by atoms with van der Waals surface area (Å²) in [5, 5.41) is 0. The third-order valence-electron chi connectivity index (χ3n) is 8.48. The van der Waals surface area contributed by atoms with Crippen LogP contribution >= 0.6 is 0 Å². The third kappa shape index (κ3) is 7.67. The van der Waals surface area contributed by atoms with E-state index in [9.17, 15) is 4.79 Å². The smallest absolute Gasteiger partial charge is 0.162 e. The van der Waals surface area contributed by atoms with Gasteiger partial charge in [0.2, 0.25) is 0 Å². The average molecular weight is 455 g/mol. The zero-order chi connectivity index (χ0) is 23.5. The van der Waals surface area contributed by atoms with Crippen LogP contribution in [0.4, 0.5) is 0 Å². The first kappa shape index (κ1) is 26.5. The fraction of sp³-hybridized carbons (Fsp3) is 0.774. The molecule has 2 saturated heterocycles. The molecule has 1 aromatic rings. The fourth-order valence-corrected chi connectivity index (χ4v) is 6.62. The molecule has 33 heavy (non-hydrogen) atoms. The quantitative estimate of drug-likeness (QED) is 0.233. The molecule has 2 bridgehead atoms. The molecule has 1 aliphatic carbocycles. The van der Waals surface area contributed by atoms with Crippen molar-refractivity contribution in [3.8, 4) is 0 Å². The van der Waals surface area contributed by atoms with Gasteiger partial charge in [0, 0.05) is 6.42 Å². The molecule has 2 aliphatic heterocycles. The standard InChI is InChI=1S/C31H50O2/c1-4-7-9-12-19-26-23-30-27(20-13-10-8-5-2)21-28(26)31(33-30)29(32)22-25(16-6-3)24-17-14-11-15-18-24/h11,14-15,17-18,25-28,30-31H,4-10,12-13,16,19-23H2,1-3H3. The van der Waals surface area contributed by atoms with Crippen LogP contribution in [0.2, 0.25) is 0 Å². The Kier molecular flexibility index (Phi) is 11.5. The first-order valence-electron chi connectivity index (χ1n) is 14.4. The van der Waals surface area contributed by atoms with Crippen LogP contribution in [0.5, 0.6) is 0 Å². The predicted octanol–water partition coefficient (Wildman–Crippen LogP) is 8.88. The van der Waals surface area contributed by atoms with Crippen molar-refractivity contribution in [1.29, 1.82) is 0 Å². The summed E-state index contributed by atoms with van der Waals surface area (Å²) in [5.41, 5.74) is 1.32. The number of ether oxygens (including phenoxy) is 1. The second-order valence-corrected chi connectivity index (χ2v) is 11.0. The van der Waals surface area contributed by atoms with E-state index >= 15 is 0 Å². The van der Waals surface area contributed by atoms with Crippen molar-refractivity contribution in [3.05, 3.63) is 35.9 Å². The highest BCUT2D eigenvalue weighted by Crippen LogP contribution is 2.49. The highest BCUT2D eigenvalue weighted by atomic mass is 16.5. The van der Waals surface area contributed by atoms with E-state index in [0.717, 1.165) is 12.8 Å². The van der Waals surface area contributed by atoms with Gasteiger partial charge in [-0.05, 0) is 61.3 Å². The number of carbonyl (C=O) groups excluding carboxylic acids is 1. The summed E-state index contributed by atoms with van der Waals surface area (Å²) >= 11 is 0. The van der Waals surface area contributed by atoms with E-state index in [1.807, 2.05) is 0 Å². The van der Waals surface area contributed by atoms with Gasteiger partial charge < -0.3 is 4.74 Å². The van der Waals surface area contributed by atoms with Crippen molar-refractivity contribution in [2.75, 3.05) is 0 Å². The van der Waals surface area contributed by atoms with E-state index in [1.54, 1.807) is 0 Å². The monoisotopic (exact) mass is 454 g/mol. The number of rotatable bonds is 16. The van der Waals surface area contributed by atoms with Gasteiger partial charge in [-0.15, -0.1) is 0 Å². The molecule has 0 aromatic heterocycles. The van der Waals surface area contributed by atoms with Crippen molar-refractivity contribution >= 4 is 5.78 Å². The SMILES string of the molecule is CCCCCCC1CC2C(CCCCCC)CC1OC2C(=O)CC(CCC)c1ccccc1. The maximum Gasteiger partial charge on any atom is 0.162 e. The maximum atomic E-state index is 13.6. The van der Waals surface area contributed by atoms with Crippen LogP contribution in [-0.2, 0) is 9.53 Å². The van der Waals surface area contributed by atoms with Crippen molar-refractivity contribution in [2.45, 2.75) is 135 Å². The second-order valence-electron chi connectivity index (χ2n) is 11.0. The number of unbranched alkanes of at least 4 members (excludes halogenated alkanes) is 6. The largest absolute Gasteiger partial charge is 0.367 e. The molecule has 6 unspecified atom stereocenters. The lowest BCUT2D eigenvalue weighted by Gasteiger charge is -2.51. The zero-order valence-electron chi connectivity index (χ0n) is 21.8. The summed E-state index contributed by atoms with van der Waals surface area (Å²) in [6.07, 6.45) is 18.7. The first-order valence-corrected chi connectivity index (χ1v) is 14.4. The summed E-state index contributed by atoms with van der Waals surface area (Å²) in [5.74, 6) is 2.56. The zero-order valence-corrected chi connectivity index (χ0v) is 21.8. The molecule has 1 saturated carbocycles. The molecule has 186 valence electrons. The van der Waals surface area contributed by atoms with E-state index < -0.39 is 0 Å². The third-order valence-corrected chi connectivity index (χ3v) is 8.48. The van der Waals surface area contributed by atoms with Crippen molar-refractivity contribution in [3.63, 3.8) is 0 Å². The summed E-state index contributed by atoms with van der Waals surface area (Å²) < 4.78 is 6.64. The van der Waals surface area contributed by atoms with Crippen molar-refractivity contribution < 1.29 is 9.53 Å². The molecular formula is C31H50O2. The molecule has 3 fully saturated rings. The topological polar surface area (TPSA) is 26.3 Å². The average Bonchev–Trinajstić information content (AvgIpc) is 2.85. The summed E-state index contributed by atoms with van der Waals surface area (Å²) in [6.45, 7) is 6.80. The van der Waals surface area contributed by atoms with Gasteiger partial charge in [-0.1, -0.05) is 109 Å². The van der Waals surface area contributed by atoms with Crippen LogP contribution in [0.3, 0.4) is 0 Å². The highest BCUT2D eigenvalue weighted by molar-refractivity contribution is 5.84. The van der Waals surface area contributed by atoms with E-state index in [1.165, 1.54) is 82.6 Å². The predicted molar refractivity (Wildman–Crippen MR) is 140 cm³/mol. The number of ketones is 1. The van der Waals surface area contributed by atoms with Crippen LogP contribution in [0, 0.1) is 17.8 Å². The minimum Gasteiger partial charge on any atom is -0.367 e. The Bertz CT molecular complexity index is 669. The first-order chi connectivity index (χ1) is 16.2. The molecule has 0 N–H and O–H groups in total. The highest BCUT2D eigenvalue weighted by Gasteiger charge is 2.49. The maximum absolute atomic E-state index is 13.6. The number of hydrogen-bond acceptors (Lipinski definition) is 2. The normalized spacial score (nSPS) is 27.5. The Labute approximate surface area is 204 Å². The minimum absolute atomic E-state index is 0.144.